The van der Waals surface area contributed by atoms with E-state index in [1.165, 1.54) is 11.8 Å². The Hall–Kier alpha value is -2.86. The van der Waals surface area contributed by atoms with Gasteiger partial charge in [0.25, 0.3) is 0 Å². The standard InChI is InChI=1S/C27H24ClNO3S/c1-27(14-3-2-7-23(27)26(31)32)33-17-25(30)20-6-4-5-18(15-20)8-12-22-13-10-19-9-11-21(28)16-24(19)29-22/h2-16,23,25,30H,17H2,1H3,(H,31,32)/b12-8+. The van der Waals surface area contributed by atoms with E-state index in [4.69, 9.17) is 11.6 Å². The fraction of sp³-hybridized carbons (Fsp3) is 0.185. The zero-order chi connectivity index (χ0) is 23.4. The number of hydrogen-bond acceptors (Lipinski definition) is 4. The SMILES string of the molecule is CC1(SCC(O)c2cccc(/C=C/c3ccc4ccc(Cl)cc4n3)c2)C=CC=CC1C(=O)O. The van der Waals surface area contributed by atoms with Crippen molar-refractivity contribution in [2.24, 2.45) is 5.92 Å². The molecule has 1 aliphatic carbocycles. The molecule has 0 amide bonds. The minimum atomic E-state index is -0.864. The Labute approximate surface area is 202 Å². The highest BCUT2D eigenvalue weighted by Gasteiger charge is 2.37. The average molecular weight is 478 g/mol. The van der Waals surface area contributed by atoms with Crippen molar-refractivity contribution >= 4 is 52.4 Å². The van der Waals surface area contributed by atoms with E-state index >= 15 is 0 Å². The molecule has 33 heavy (non-hydrogen) atoms. The van der Waals surface area contributed by atoms with Crippen LogP contribution in [0.25, 0.3) is 23.1 Å². The van der Waals surface area contributed by atoms with Gasteiger partial charge in [-0.3, -0.25) is 4.79 Å². The van der Waals surface area contributed by atoms with Crippen LogP contribution in [0.1, 0.15) is 29.8 Å². The average Bonchev–Trinajstić information content (AvgIpc) is 2.81. The molecule has 1 heterocycles. The van der Waals surface area contributed by atoms with E-state index in [-0.39, 0.29) is 0 Å². The van der Waals surface area contributed by atoms with Gasteiger partial charge in [-0.2, -0.15) is 0 Å². The van der Waals surface area contributed by atoms with E-state index in [0.29, 0.717) is 10.8 Å². The highest BCUT2D eigenvalue weighted by Crippen LogP contribution is 2.39. The van der Waals surface area contributed by atoms with Gasteiger partial charge in [0.1, 0.15) is 0 Å². The summed E-state index contributed by atoms with van der Waals surface area (Å²) in [5, 5.41) is 22.0. The minimum absolute atomic E-state index is 0.388. The Balaban J connectivity index is 1.45. The van der Waals surface area contributed by atoms with Gasteiger partial charge in [-0.15, -0.1) is 11.8 Å². The van der Waals surface area contributed by atoms with Gasteiger partial charge in [0.05, 0.1) is 23.2 Å². The van der Waals surface area contributed by atoms with Gasteiger partial charge >= 0.3 is 5.97 Å². The lowest BCUT2D eigenvalue weighted by molar-refractivity contribution is -0.140. The molecule has 0 bridgehead atoms. The number of aromatic nitrogens is 1. The number of aliphatic hydroxyl groups is 1. The molecule has 1 aliphatic rings. The van der Waals surface area contributed by atoms with Crippen molar-refractivity contribution in [3.05, 3.63) is 101 Å². The second kappa shape index (κ2) is 9.96. The monoisotopic (exact) mass is 477 g/mol. The third-order valence-electron chi connectivity index (χ3n) is 5.70. The number of carboxylic acids is 1. The molecule has 0 saturated carbocycles. The van der Waals surface area contributed by atoms with Crippen LogP contribution in [-0.2, 0) is 4.79 Å². The smallest absolute Gasteiger partial charge is 0.312 e. The number of aliphatic hydroxyl groups excluding tert-OH is 1. The van der Waals surface area contributed by atoms with E-state index in [1.807, 2.05) is 85.8 Å². The van der Waals surface area contributed by atoms with Crippen molar-refractivity contribution in [2.45, 2.75) is 17.8 Å². The fourth-order valence-corrected chi connectivity index (χ4v) is 5.20. The maximum Gasteiger partial charge on any atom is 0.312 e. The van der Waals surface area contributed by atoms with Crippen LogP contribution >= 0.6 is 23.4 Å². The van der Waals surface area contributed by atoms with Crippen molar-refractivity contribution < 1.29 is 15.0 Å². The number of nitrogens with zero attached hydrogens (tertiary/aromatic N) is 1. The third-order valence-corrected chi connectivity index (χ3v) is 7.42. The lowest BCUT2D eigenvalue weighted by Crippen LogP contribution is -2.35. The highest BCUT2D eigenvalue weighted by molar-refractivity contribution is 8.00. The second-order valence-electron chi connectivity index (χ2n) is 8.15. The first-order chi connectivity index (χ1) is 15.8. The van der Waals surface area contributed by atoms with Crippen molar-refractivity contribution in [1.29, 1.82) is 0 Å². The predicted molar refractivity (Wildman–Crippen MR) is 137 cm³/mol. The summed E-state index contributed by atoms with van der Waals surface area (Å²) in [4.78, 5) is 16.3. The molecule has 0 spiro atoms. The number of carbonyl (C=O) groups is 1. The number of aliphatic carboxylic acids is 1. The predicted octanol–water partition coefficient (Wildman–Crippen LogP) is 6.41. The number of allylic oxidation sites excluding steroid dienone is 2. The van der Waals surface area contributed by atoms with E-state index in [2.05, 4.69) is 4.98 Å². The lowest BCUT2D eigenvalue weighted by atomic mass is 9.89. The zero-order valence-electron chi connectivity index (χ0n) is 18.1. The Kier molecular flexibility index (Phi) is 7.03. The molecular formula is C27H24ClNO3S. The Bertz CT molecular complexity index is 1270. The van der Waals surface area contributed by atoms with Gasteiger partial charge in [-0.25, -0.2) is 4.98 Å². The van der Waals surface area contributed by atoms with Crippen LogP contribution < -0.4 is 0 Å². The van der Waals surface area contributed by atoms with Crippen LogP contribution in [0.15, 0.2) is 78.9 Å². The summed E-state index contributed by atoms with van der Waals surface area (Å²) in [6, 6.07) is 17.3. The summed E-state index contributed by atoms with van der Waals surface area (Å²) < 4.78 is -0.607. The summed E-state index contributed by atoms with van der Waals surface area (Å²) in [5.74, 6) is -1.10. The first-order valence-electron chi connectivity index (χ1n) is 10.6. The first kappa shape index (κ1) is 23.3. The van der Waals surface area contributed by atoms with Crippen LogP contribution in [0.3, 0.4) is 0 Å². The minimum Gasteiger partial charge on any atom is -0.481 e. The Morgan fingerprint density at radius 1 is 1.18 bits per heavy atom. The number of rotatable bonds is 7. The molecule has 6 heteroatoms. The van der Waals surface area contributed by atoms with Crippen molar-refractivity contribution in [1.82, 2.24) is 4.98 Å². The number of fused-ring (bicyclic) bond motifs is 1. The molecule has 0 saturated heterocycles. The van der Waals surface area contributed by atoms with Gasteiger partial charge in [-0.05, 0) is 48.4 Å². The summed E-state index contributed by atoms with van der Waals surface area (Å²) in [6.07, 6.45) is 10.4. The number of thioether (sulfide) groups is 1. The molecule has 0 fully saturated rings. The summed E-state index contributed by atoms with van der Waals surface area (Å²) in [6.45, 7) is 1.89. The first-order valence-corrected chi connectivity index (χ1v) is 12.0. The molecule has 3 atom stereocenters. The van der Waals surface area contributed by atoms with Crippen LogP contribution in [0.4, 0.5) is 0 Å². The molecule has 0 aliphatic heterocycles. The number of halogens is 1. The summed E-state index contributed by atoms with van der Waals surface area (Å²) in [7, 11) is 0. The Morgan fingerprint density at radius 2 is 2.00 bits per heavy atom. The van der Waals surface area contributed by atoms with Crippen LogP contribution in [-0.4, -0.2) is 31.7 Å². The molecule has 3 aromatic rings. The van der Waals surface area contributed by atoms with Gasteiger partial charge < -0.3 is 10.2 Å². The largest absolute Gasteiger partial charge is 0.481 e. The van der Waals surface area contributed by atoms with Crippen LogP contribution in [0.2, 0.25) is 5.02 Å². The van der Waals surface area contributed by atoms with Gasteiger partial charge in [0.2, 0.25) is 0 Å². The highest BCUT2D eigenvalue weighted by atomic mass is 35.5. The maximum absolute atomic E-state index is 11.6. The number of pyridine rings is 1. The molecule has 0 radical (unpaired) electrons. The van der Waals surface area contributed by atoms with Crippen molar-refractivity contribution in [2.75, 3.05) is 5.75 Å². The molecule has 4 nitrogen and oxygen atoms in total. The molecule has 3 unspecified atom stereocenters. The van der Waals surface area contributed by atoms with Crippen LogP contribution in [0.5, 0.6) is 0 Å². The molecule has 1 aromatic heterocycles. The number of benzene rings is 2. The molecule has 168 valence electrons. The van der Waals surface area contributed by atoms with E-state index in [1.54, 1.807) is 12.2 Å². The zero-order valence-corrected chi connectivity index (χ0v) is 19.6. The van der Waals surface area contributed by atoms with Gasteiger partial charge in [0.15, 0.2) is 0 Å². The maximum atomic E-state index is 11.6. The van der Waals surface area contributed by atoms with Crippen molar-refractivity contribution in [3.63, 3.8) is 0 Å². The topological polar surface area (TPSA) is 70.4 Å². The number of carboxylic acid groups (broad SMARTS) is 1. The van der Waals surface area contributed by atoms with Crippen LogP contribution in [0, 0.1) is 5.92 Å². The number of hydrogen-bond donors (Lipinski definition) is 2. The summed E-state index contributed by atoms with van der Waals surface area (Å²) in [5.41, 5.74) is 3.38. The molecular weight excluding hydrogens is 454 g/mol. The van der Waals surface area contributed by atoms with E-state index < -0.39 is 22.7 Å². The van der Waals surface area contributed by atoms with E-state index in [9.17, 15) is 15.0 Å². The third kappa shape index (κ3) is 5.56. The summed E-state index contributed by atoms with van der Waals surface area (Å²) >= 11 is 7.53. The second-order valence-corrected chi connectivity index (χ2v) is 10.1. The Morgan fingerprint density at radius 3 is 2.82 bits per heavy atom. The lowest BCUT2D eigenvalue weighted by Gasteiger charge is -2.32. The van der Waals surface area contributed by atoms with Crippen molar-refractivity contribution in [3.8, 4) is 0 Å². The quantitative estimate of drug-likeness (QED) is 0.411. The fourth-order valence-electron chi connectivity index (χ4n) is 3.79. The van der Waals surface area contributed by atoms with E-state index in [0.717, 1.165) is 27.7 Å². The normalized spacial score (nSPS) is 21.0. The molecule has 2 N–H and O–H groups in total. The molecule has 4 rings (SSSR count). The van der Waals surface area contributed by atoms with Gasteiger partial charge in [0, 0.05) is 20.9 Å². The molecule has 2 aromatic carbocycles. The van der Waals surface area contributed by atoms with Gasteiger partial charge in [-0.1, -0.05) is 72.3 Å².